The van der Waals surface area contributed by atoms with Crippen LogP contribution in [-0.4, -0.2) is 37.2 Å². The van der Waals surface area contributed by atoms with E-state index in [1.165, 1.54) is 6.42 Å². The van der Waals surface area contributed by atoms with Gasteiger partial charge in [-0.05, 0) is 26.2 Å². The van der Waals surface area contributed by atoms with Gasteiger partial charge in [0.05, 0.1) is 13.2 Å². The summed E-state index contributed by atoms with van der Waals surface area (Å²) in [5.41, 5.74) is 0.0760. The lowest BCUT2D eigenvalue weighted by Crippen LogP contribution is -2.53. The van der Waals surface area contributed by atoms with Crippen molar-refractivity contribution in [1.82, 2.24) is 10.6 Å². The number of amides is 1. The van der Waals surface area contributed by atoms with Crippen LogP contribution in [0.5, 0.6) is 0 Å². The van der Waals surface area contributed by atoms with Crippen molar-refractivity contribution in [2.75, 3.05) is 19.8 Å². The molecule has 2 N–H and O–H groups in total. The third-order valence-electron chi connectivity index (χ3n) is 3.33. The molecule has 1 heterocycles. The van der Waals surface area contributed by atoms with Crippen molar-refractivity contribution in [3.05, 3.63) is 0 Å². The average molecular weight is 212 g/mol. The molecule has 1 saturated carbocycles. The molecule has 4 nitrogen and oxygen atoms in total. The lowest BCUT2D eigenvalue weighted by molar-refractivity contribution is -0.125. The molecule has 0 aromatic rings. The Bertz CT molecular complexity index is 233. The Hall–Kier alpha value is -0.610. The topological polar surface area (TPSA) is 50.4 Å². The average Bonchev–Trinajstić information content (AvgIpc) is 2.16. The highest BCUT2D eigenvalue weighted by molar-refractivity contribution is 5.77. The monoisotopic (exact) mass is 212 g/mol. The first kappa shape index (κ1) is 10.9. The number of morpholine rings is 1. The van der Waals surface area contributed by atoms with Gasteiger partial charge in [0, 0.05) is 24.5 Å². The SMILES string of the molecule is CC1(NC(=O)CC2COCCN2)CCC1. The van der Waals surface area contributed by atoms with E-state index in [2.05, 4.69) is 17.6 Å². The fraction of sp³-hybridized carbons (Fsp3) is 0.909. The molecular weight excluding hydrogens is 192 g/mol. The number of hydrogen-bond donors (Lipinski definition) is 2. The second-order valence-electron chi connectivity index (χ2n) is 4.89. The number of hydrogen-bond acceptors (Lipinski definition) is 3. The molecule has 0 aromatic carbocycles. The summed E-state index contributed by atoms with van der Waals surface area (Å²) >= 11 is 0. The van der Waals surface area contributed by atoms with E-state index < -0.39 is 0 Å². The number of carbonyl (C=O) groups excluding carboxylic acids is 1. The molecule has 0 aromatic heterocycles. The van der Waals surface area contributed by atoms with Gasteiger partial charge < -0.3 is 15.4 Å². The predicted octanol–water partition coefficient (Wildman–Crippen LogP) is 0.424. The fourth-order valence-corrected chi connectivity index (χ4v) is 2.19. The molecule has 1 atom stereocenters. The maximum absolute atomic E-state index is 11.7. The Kier molecular flexibility index (Phi) is 3.26. The standard InChI is InChI=1S/C11H20N2O2/c1-11(3-2-4-11)13-10(14)7-9-8-15-6-5-12-9/h9,12H,2-8H2,1H3,(H,13,14). The number of nitrogens with one attached hydrogen (secondary N) is 2. The second-order valence-corrected chi connectivity index (χ2v) is 4.89. The van der Waals surface area contributed by atoms with E-state index in [0.717, 1.165) is 26.0 Å². The highest BCUT2D eigenvalue weighted by Gasteiger charge is 2.33. The number of ether oxygens (including phenoxy) is 1. The fourth-order valence-electron chi connectivity index (χ4n) is 2.19. The van der Waals surface area contributed by atoms with E-state index in [0.29, 0.717) is 13.0 Å². The van der Waals surface area contributed by atoms with E-state index in [9.17, 15) is 4.79 Å². The molecule has 1 unspecified atom stereocenters. The molecule has 0 bridgehead atoms. The second kappa shape index (κ2) is 4.49. The Labute approximate surface area is 90.8 Å². The molecule has 2 aliphatic rings. The van der Waals surface area contributed by atoms with Crippen LogP contribution in [0.4, 0.5) is 0 Å². The summed E-state index contributed by atoms with van der Waals surface area (Å²) in [4.78, 5) is 11.7. The first-order valence-electron chi connectivity index (χ1n) is 5.80. The summed E-state index contributed by atoms with van der Waals surface area (Å²) in [7, 11) is 0. The van der Waals surface area contributed by atoms with Crippen molar-refractivity contribution in [2.24, 2.45) is 0 Å². The molecule has 0 radical (unpaired) electrons. The first-order valence-corrected chi connectivity index (χ1v) is 5.80. The van der Waals surface area contributed by atoms with Crippen molar-refractivity contribution >= 4 is 5.91 Å². The van der Waals surface area contributed by atoms with E-state index in [1.54, 1.807) is 0 Å². The summed E-state index contributed by atoms with van der Waals surface area (Å²) in [6.45, 7) is 4.40. The maximum Gasteiger partial charge on any atom is 0.222 e. The normalized spacial score (nSPS) is 29.3. The summed E-state index contributed by atoms with van der Waals surface area (Å²) < 4.78 is 5.31. The summed E-state index contributed by atoms with van der Waals surface area (Å²) in [6.07, 6.45) is 4.01. The van der Waals surface area contributed by atoms with Crippen molar-refractivity contribution in [3.8, 4) is 0 Å². The minimum atomic E-state index is 0.0760. The number of rotatable bonds is 3. The lowest BCUT2D eigenvalue weighted by atomic mass is 9.78. The van der Waals surface area contributed by atoms with Gasteiger partial charge in [0.2, 0.25) is 5.91 Å². The summed E-state index contributed by atoms with van der Waals surface area (Å²) in [6, 6.07) is 0.197. The zero-order valence-electron chi connectivity index (χ0n) is 9.34. The quantitative estimate of drug-likeness (QED) is 0.713. The molecule has 1 amide bonds. The molecule has 2 fully saturated rings. The molecule has 4 heteroatoms. The van der Waals surface area contributed by atoms with E-state index in [-0.39, 0.29) is 17.5 Å². The van der Waals surface area contributed by atoms with Crippen LogP contribution in [0.25, 0.3) is 0 Å². The Morgan fingerprint density at radius 3 is 2.93 bits per heavy atom. The third-order valence-corrected chi connectivity index (χ3v) is 3.33. The van der Waals surface area contributed by atoms with Crippen LogP contribution in [0.1, 0.15) is 32.6 Å². The van der Waals surface area contributed by atoms with Crippen LogP contribution in [0.3, 0.4) is 0 Å². The minimum Gasteiger partial charge on any atom is -0.378 e. The van der Waals surface area contributed by atoms with Crippen molar-refractivity contribution < 1.29 is 9.53 Å². The van der Waals surface area contributed by atoms with Gasteiger partial charge in [0.15, 0.2) is 0 Å². The van der Waals surface area contributed by atoms with Gasteiger partial charge in [0.1, 0.15) is 0 Å². The molecular formula is C11H20N2O2. The van der Waals surface area contributed by atoms with Crippen molar-refractivity contribution in [1.29, 1.82) is 0 Å². The van der Waals surface area contributed by atoms with E-state index in [4.69, 9.17) is 4.74 Å². The smallest absolute Gasteiger partial charge is 0.222 e. The van der Waals surface area contributed by atoms with E-state index in [1.807, 2.05) is 0 Å². The Balaban J connectivity index is 1.71. The van der Waals surface area contributed by atoms with Crippen LogP contribution in [0, 0.1) is 0 Å². The zero-order valence-corrected chi connectivity index (χ0v) is 9.34. The van der Waals surface area contributed by atoms with Gasteiger partial charge in [0.25, 0.3) is 0 Å². The van der Waals surface area contributed by atoms with Gasteiger partial charge in [-0.3, -0.25) is 4.79 Å². The Morgan fingerprint density at radius 2 is 2.40 bits per heavy atom. The molecule has 1 saturated heterocycles. The van der Waals surface area contributed by atoms with Crippen molar-refractivity contribution in [2.45, 2.75) is 44.2 Å². The lowest BCUT2D eigenvalue weighted by Gasteiger charge is -2.39. The van der Waals surface area contributed by atoms with Gasteiger partial charge in [-0.2, -0.15) is 0 Å². The third kappa shape index (κ3) is 2.92. The molecule has 1 aliphatic heterocycles. The number of carbonyl (C=O) groups is 1. The van der Waals surface area contributed by atoms with Crippen LogP contribution in [-0.2, 0) is 9.53 Å². The molecule has 1 aliphatic carbocycles. The van der Waals surface area contributed by atoms with Gasteiger partial charge in [-0.1, -0.05) is 0 Å². The summed E-state index contributed by atoms with van der Waals surface area (Å²) in [5.74, 6) is 0.153. The van der Waals surface area contributed by atoms with Gasteiger partial charge >= 0.3 is 0 Å². The molecule has 2 rings (SSSR count). The van der Waals surface area contributed by atoms with Gasteiger partial charge in [-0.15, -0.1) is 0 Å². The van der Waals surface area contributed by atoms with Crippen molar-refractivity contribution in [3.63, 3.8) is 0 Å². The van der Waals surface area contributed by atoms with E-state index >= 15 is 0 Å². The Morgan fingerprint density at radius 1 is 1.60 bits per heavy atom. The molecule has 15 heavy (non-hydrogen) atoms. The van der Waals surface area contributed by atoms with Crippen LogP contribution < -0.4 is 10.6 Å². The zero-order chi connectivity index (χ0) is 10.7. The van der Waals surface area contributed by atoms with Crippen LogP contribution in [0.15, 0.2) is 0 Å². The summed E-state index contributed by atoms with van der Waals surface area (Å²) in [5, 5.41) is 6.39. The highest BCUT2D eigenvalue weighted by atomic mass is 16.5. The highest BCUT2D eigenvalue weighted by Crippen LogP contribution is 2.30. The molecule has 86 valence electrons. The van der Waals surface area contributed by atoms with Gasteiger partial charge in [-0.25, -0.2) is 0 Å². The first-order chi connectivity index (χ1) is 7.18. The minimum absolute atomic E-state index is 0.0760. The predicted molar refractivity (Wildman–Crippen MR) is 57.6 cm³/mol. The largest absolute Gasteiger partial charge is 0.378 e. The molecule has 0 spiro atoms. The van der Waals surface area contributed by atoms with Crippen LogP contribution in [0.2, 0.25) is 0 Å². The maximum atomic E-state index is 11.7. The van der Waals surface area contributed by atoms with Crippen LogP contribution >= 0.6 is 0 Å².